The van der Waals surface area contributed by atoms with E-state index in [0.717, 1.165) is 17.0 Å². The fourth-order valence-corrected chi connectivity index (χ4v) is 4.18. The highest BCUT2D eigenvalue weighted by molar-refractivity contribution is 7.90. The summed E-state index contributed by atoms with van der Waals surface area (Å²) in [5.41, 5.74) is 3.35. The van der Waals surface area contributed by atoms with Crippen molar-refractivity contribution < 1.29 is 13.2 Å². The fraction of sp³-hybridized carbons (Fsp3) is 0.500. The normalized spacial score (nSPS) is 15.7. The highest BCUT2D eigenvalue weighted by Crippen LogP contribution is 2.20. The third-order valence-corrected chi connectivity index (χ3v) is 6.71. The van der Waals surface area contributed by atoms with E-state index in [-0.39, 0.29) is 11.7 Å². The van der Waals surface area contributed by atoms with E-state index in [1.54, 1.807) is 0 Å². The lowest BCUT2D eigenvalue weighted by molar-refractivity contribution is 0.0644. The van der Waals surface area contributed by atoms with Gasteiger partial charge in [0.25, 0.3) is 5.91 Å². The van der Waals surface area contributed by atoms with Gasteiger partial charge >= 0.3 is 0 Å². The number of benzene rings is 1. The quantitative estimate of drug-likeness (QED) is 0.689. The zero-order chi connectivity index (χ0) is 21.2. The van der Waals surface area contributed by atoms with E-state index in [4.69, 9.17) is 11.6 Å². The maximum atomic E-state index is 12.9. The van der Waals surface area contributed by atoms with Crippen molar-refractivity contribution in [2.75, 3.05) is 44.7 Å². The first kappa shape index (κ1) is 21.8. The topological polar surface area (TPSA) is 75.5 Å². The second-order valence-corrected chi connectivity index (χ2v) is 10.2. The standard InChI is InChI=1S/C20H27ClN4O3S/c1-15-19(21)16(2)25(22-15)14-17-5-4-6-18(13-17)20(26)24-9-7-23(8-10-24)11-12-29(3,27)28/h4-6,13H,7-12,14H2,1-3H3. The van der Waals surface area contributed by atoms with Crippen molar-refractivity contribution in [2.24, 2.45) is 0 Å². The summed E-state index contributed by atoms with van der Waals surface area (Å²) in [4.78, 5) is 16.8. The smallest absolute Gasteiger partial charge is 0.253 e. The fourth-order valence-electron chi connectivity index (χ4n) is 3.46. The van der Waals surface area contributed by atoms with Gasteiger partial charge in [-0.3, -0.25) is 14.4 Å². The first-order chi connectivity index (χ1) is 13.6. The van der Waals surface area contributed by atoms with Crippen LogP contribution in [0.1, 0.15) is 27.3 Å². The lowest BCUT2D eigenvalue weighted by atomic mass is 10.1. The molecule has 9 heteroatoms. The Bertz CT molecular complexity index is 995. The molecule has 2 heterocycles. The number of piperazine rings is 1. The van der Waals surface area contributed by atoms with Crippen LogP contribution in [0.5, 0.6) is 0 Å². The van der Waals surface area contributed by atoms with Gasteiger partial charge in [-0.15, -0.1) is 0 Å². The van der Waals surface area contributed by atoms with E-state index in [1.807, 2.05) is 47.7 Å². The van der Waals surface area contributed by atoms with E-state index in [0.29, 0.717) is 49.9 Å². The Morgan fingerprint density at radius 3 is 2.45 bits per heavy atom. The van der Waals surface area contributed by atoms with Crippen molar-refractivity contribution in [1.82, 2.24) is 19.6 Å². The number of carbonyl (C=O) groups is 1. The van der Waals surface area contributed by atoms with E-state index in [9.17, 15) is 13.2 Å². The van der Waals surface area contributed by atoms with Crippen LogP contribution in [0.3, 0.4) is 0 Å². The molecule has 0 bridgehead atoms. The van der Waals surface area contributed by atoms with Crippen LogP contribution in [-0.2, 0) is 16.4 Å². The van der Waals surface area contributed by atoms with Crippen LogP contribution in [0.25, 0.3) is 0 Å². The summed E-state index contributed by atoms with van der Waals surface area (Å²) >= 11 is 6.23. The van der Waals surface area contributed by atoms with Crippen LogP contribution in [0.2, 0.25) is 5.02 Å². The average Bonchev–Trinajstić information content (AvgIpc) is 2.92. The molecule has 0 aliphatic carbocycles. The molecule has 0 radical (unpaired) electrons. The monoisotopic (exact) mass is 438 g/mol. The molecule has 1 aromatic carbocycles. The predicted molar refractivity (Wildman–Crippen MR) is 114 cm³/mol. The first-order valence-electron chi connectivity index (χ1n) is 9.62. The molecule has 2 aromatic rings. The number of halogens is 1. The van der Waals surface area contributed by atoms with Crippen molar-refractivity contribution in [3.8, 4) is 0 Å². The van der Waals surface area contributed by atoms with Crippen LogP contribution in [0, 0.1) is 13.8 Å². The summed E-state index contributed by atoms with van der Waals surface area (Å²) in [7, 11) is -2.97. The van der Waals surface area contributed by atoms with Crippen molar-refractivity contribution >= 4 is 27.3 Å². The molecular formula is C20H27ClN4O3S. The molecule has 1 aliphatic rings. The highest BCUT2D eigenvalue weighted by atomic mass is 35.5. The molecule has 0 unspecified atom stereocenters. The third-order valence-electron chi connectivity index (χ3n) is 5.24. The number of aryl methyl sites for hydroxylation is 1. The van der Waals surface area contributed by atoms with Crippen LogP contribution in [-0.4, -0.2) is 78.6 Å². The number of aromatic nitrogens is 2. The van der Waals surface area contributed by atoms with Crippen molar-refractivity contribution in [3.05, 3.63) is 51.8 Å². The molecule has 1 fully saturated rings. The summed E-state index contributed by atoms with van der Waals surface area (Å²) < 4.78 is 24.5. The first-order valence-corrected chi connectivity index (χ1v) is 12.1. The van der Waals surface area contributed by atoms with Gasteiger partial charge in [0.05, 0.1) is 28.7 Å². The number of carbonyl (C=O) groups excluding carboxylic acids is 1. The minimum absolute atomic E-state index is 0.000938. The summed E-state index contributed by atoms with van der Waals surface area (Å²) in [5, 5.41) is 5.13. The number of hydrogen-bond acceptors (Lipinski definition) is 5. The minimum Gasteiger partial charge on any atom is -0.336 e. The molecule has 3 rings (SSSR count). The third kappa shape index (κ3) is 5.58. The summed E-state index contributed by atoms with van der Waals surface area (Å²) in [6, 6.07) is 7.60. The molecule has 1 aliphatic heterocycles. The Kier molecular flexibility index (Phi) is 6.65. The Morgan fingerprint density at radius 1 is 1.17 bits per heavy atom. The molecule has 0 saturated carbocycles. The average molecular weight is 439 g/mol. The lowest BCUT2D eigenvalue weighted by Gasteiger charge is -2.34. The minimum atomic E-state index is -2.97. The molecule has 0 N–H and O–H groups in total. The SMILES string of the molecule is Cc1nn(Cc2cccc(C(=O)N3CCN(CCS(C)(=O)=O)CC3)c2)c(C)c1Cl. The maximum Gasteiger partial charge on any atom is 0.253 e. The second-order valence-electron chi connectivity index (χ2n) is 7.61. The van der Waals surface area contributed by atoms with Gasteiger partial charge in [0.2, 0.25) is 0 Å². The molecule has 158 valence electrons. The zero-order valence-electron chi connectivity index (χ0n) is 17.1. The molecule has 1 saturated heterocycles. The zero-order valence-corrected chi connectivity index (χ0v) is 18.6. The number of sulfone groups is 1. The van der Waals surface area contributed by atoms with Crippen molar-refractivity contribution in [3.63, 3.8) is 0 Å². The highest BCUT2D eigenvalue weighted by Gasteiger charge is 2.23. The number of nitrogens with zero attached hydrogens (tertiary/aromatic N) is 4. The van der Waals surface area contributed by atoms with E-state index >= 15 is 0 Å². The van der Waals surface area contributed by atoms with Crippen LogP contribution >= 0.6 is 11.6 Å². The van der Waals surface area contributed by atoms with Gasteiger partial charge in [-0.1, -0.05) is 23.7 Å². The van der Waals surface area contributed by atoms with Crippen LogP contribution < -0.4 is 0 Å². The molecule has 1 amide bonds. The Morgan fingerprint density at radius 2 is 1.86 bits per heavy atom. The lowest BCUT2D eigenvalue weighted by Crippen LogP contribution is -2.49. The Hall–Kier alpha value is -1.90. The van der Waals surface area contributed by atoms with Crippen LogP contribution in [0.4, 0.5) is 0 Å². The molecule has 1 aromatic heterocycles. The van der Waals surface area contributed by atoms with Crippen molar-refractivity contribution in [1.29, 1.82) is 0 Å². The summed E-state index contributed by atoms with van der Waals surface area (Å²) in [5.74, 6) is 0.153. The van der Waals surface area contributed by atoms with Gasteiger partial charge in [-0.25, -0.2) is 8.42 Å². The van der Waals surface area contributed by atoms with E-state index in [2.05, 4.69) is 10.00 Å². The van der Waals surface area contributed by atoms with E-state index < -0.39 is 9.84 Å². The molecular weight excluding hydrogens is 412 g/mol. The summed E-state index contributed by atoms with van der Waals surface area (Å²) in [6.07, 6.45) is 1.25. The second kappa shape index (κ2) is 8.85. The van der Waals surface area contributed by atoms with E-state index in [1.165, 1.54) is 6.26 Å². The summed E-state index contributed by atoms with van der Waals surface area (Å²) in [6.45, 7) is 7.44. The van der Waals surface area contributed by atoms with Gasteiger partial charge in [0, 0.05) is 44.5 Å². The number of amides is 1. The molecule has 7 nitrogen and oxygen atoms in total. The largest absolute Gasteiger partial charge is 0.336 e. The molecule has 0 atom stereocenters. The molecule has 29 heavy (non-hydrogen) atoms. The van der Waals surface area contributed by atoms with Gasteiger partial charge in [-0.2, -0.15) is 5.10 Å². The number of hydrogen-bond donors (Lipinski definition) is 0. The molecule has 0 spiro atoms. The van der Waals surface area contributed by atoms with Crippen LogP contribution in [0.15, 0.2) is 24.3 Å². The van der Waals surface area contributed by atoms with Gasteiger partial charge in [0.15, 0.2) is 0 Å². The van der Waals surface area contributed by atoms with Gasteiger partial charge in [0.1, 0.15) is 9.84 Å². The van der Waals surface area contributed by atoms with Crippen molar-refractivity contribution in [2.45, 2.75) is 20.4 Å². The Balaban J connectivity index is 1.62. The maximum absolute atomic E-state index is 12.9. The van der Waals surface area contributed by atoms with Gasteiger partial charge in [-0.05, 0) is 31.5 Å². The predicted octanol–water partition coefficient (Wildman–Crippen LogP) is 2.00. The van der Waals surface area contributed by atoms with Gasteiger partial charge < -0.3 is 4.90 Å². The number of rotatable bonds is 6. The Labute approximate surface area is 177 Å².